The minimum atomic E-state index is -0.779. The van der Waals surface area contributed by atoms with Crippen molar-refractivity contribution in [2.45, 2.75) is 25.8 Å². The van der Waals surface area contributed by atoms with Crippen LogP contribution in [0.4, 0.5) is 8.78 Å². The number of halogens is 2. The first-order chi connectivity index (χ1) is 12.9. The second-order valence-electron chi connectivity index (χ2n) is 5.90. The van der Waals surface area contributed by atoms with E-state index < -0.39 is 36.2 Å². The molecule has 7 heteroatoms. The first-order valence-electron chi connectivity index (χ1n) is 8.35. The Kier molecular flexibility index (Phi) is 7.16. The lowest BCUT2D eigenvalue weighted by atomic mass is 10.1. The van der Waals surface area contributed by atoms with Crippen LogP contribution in [0.2, 0.25) is 0 Å². The van der Waals surface area contributed by atoms with Gasteiger partial charge in [-0.1, -0.05) is 36.4 Å². The molecule has 0 aliphatic carbocycles. The van der Waals surface area contributed by atoms with Crippen molar-refractivity contribution in [2.75, 3.05) is 6.61 Å². The first-order valence-corrected chi connectivity index (χ1v) is 8.35. The van der Waals surface area contributed by atoms with Crippen LogP contribution in [-0.2, 0) is 14.3 Å². The van der Waals surface area contributed by atoms with Crippen LogP contribution >= 0.6 is 0 Å². The highest BCUT2D eigenvalue weighted by Crippen LogP contribution is 2.17. The van der Waals surface area contributed by atoms with Gasteiger partial charge in [0.2, 0.25) is 0 Å². The molecule has 0 bridgehead atoms. The van der Waals surface area contributed by atoms with E-state index in [1.54, 1.807) is 30.3 Å². The zero-order valence-corrected chi connectivity index (χ0v) is 14.7. The molecule has 1 N–H and O–H groups in total. The fraction of sp³-hybridized carbons (Fsp3) is 0.250. The molecule has 2 rings (SSSR count). The third-order valence-electron chi connectivity index (χ3n) is 3.82. The molecule has 27 heavy (non-hydrogen) atoms. The van der Waals surface area contributed by atoms with E-state index in [1.165, 1.54) is 13.0 Å². The molecule has 2 aromatic carbocycles. The molecule has 0 heterocycles. The van der Waals surface area contributed by atoms with Gasteiger partial charge in [0.15, 0.2) is 12.4 Å². The van der Waals surface area contributed by atoms with E-state index in [0.717, 1.165) is 12.1 Å². The van der Waals surface area contributed by atoms with Gasteiger partial charge < -0.3 is 10.1 Å². The molecule has 142 valence electrons. The molecular weight excluding hydrogens is 356 g/mol. The number of amides is 1. The second-order valence-corrected chi connectivity index (χ2v) is 5.90. The molecule has 0 spiro atoms. The molecule has 0 fully saturated rings. The number of Topliss-reactive ketones (excluding diaryl/α,β-unsaturated/α-hetero) is 1. The van der Waals surface area contributed by atoms with E-state index in [1.807, 2.05) is 0 Å². The van der Waals surface area contributed by atoms with E-state index in [0.29, 0.717) is 5.56 Å². The first kappa shape index (κ1) is 20.2. The Hall–Kier alpha value is -3.09. The summed E-state index contributed by atoms with van der Waals surface area (Å²) < 4.78 is 31.4. The highest BCUT2D eigenvalue weighted by atomic mass is 19.1. The number of benzene rings is 2. The fourth-order valence-corrected chi connectivity index (χ4v) is 2.42. The molecule has 1 atom stereocenters. The molecule has 0 aliphatic rings. The standard InChI is InChI=1S/C20H19F2NO4/c1-13(16-8-7-15(21)11-17(16)22)23-19(25)12-27-20(26)10-9-18(24)14-5-3-2-4-6-14/h2-8,11,13H,9-10,12H2,1H3,(H,23,25). The van der Waals surface area contributed by atoms with Crippen molar-refractivity contribution in [1.82, 2.24) is 5.32 Å². The van der Waals surface area contributed by atoms with Crippen molar-refractivity contribution in [3.8, 4) is 0 Å². The van der Waals surface area contributed by atoms with E-state index in [2.05, 4.69) is 5.32 Å². The van der Waals surface area contributed by atoms with Crippen LogP contribution in [-0.4, -0.2) is 24.3 Å². The number of carbonyl (C=O) groups excluding carboxylic acids is 3. The molecule has 1 unspecified atom stereocenters. The van der Waals surface area contributed by atoms with E-state index in [4.69, 9.17) is 4.74 Å². The summed E-state index contributed by atoms with van der Waals surface area (Å²) in [6.07, 6.45) is -0.176. The molecule has 1 amide bonds. The summed E-state index contributed by atoms with van der Waals surface area (Å²) in [5.41, 5.74) is 0.614. The molecule has 0 radical (unpaired) electrons. The van der Waals surface area contributed by atoms with Crippen molar-refractivity contribution < 1.29 is 27.9 Å². The summed E-state index contributed by atoms with van der Waals surface area (Å²) in [6, 6.07) is 10.8. The maximum Gasteiger partial charge on any atom is 0.306 e. The average Bonchev–Trinajstić information content (AvgIpc) is 2.65. The molecule has 0 aromatic heterocycles. The van der Waals surface area contributed by atoms with Gasteiger partial charge in [-0.25, -0.2) is 8.78 Å². The van der Waals surface area contributed by atoms with Crippen molar-refractivity contribution in [3.63, 3.8) is 0 Å². The Morgan fingerprint density at radius 3 is 2.41 bits per heavy atom. The molecule has 5 nitrogen and oxygen atoms in total. The number of nitrogens with one attached hydrogen (secondary N) is 1. The highest BCUT2D eigenvalue weighted by Gasteiger charge is 2.16. The van der Waals surface area contributed by atoms with Crippen molar-refractivity contribution >= 4 is 17.7 Å². The van der Waals surface area contributed by atoms with E-state index in [9.17, 15) is 23.2 Å². The van der Waals surface area contributed by atoms with Gasteiger partial charge in [0.25, 0.3) is 5.91 Å². The van der Waals surface area contributed by atoms with Crippen molar-refractivity contribution in [3.05, 3.63) is 71.3 Å². The molecule has 0 saturated heterocycles. The van der Waals surface area contributed by atoms with Gasteiger partial charge in [0, 0.05) is 23.6 Å². The van der Waals surface area contributed by atoms with Crippen LogP contribution < -0.4 is 5.32 Å². The quantitative estimate of drug-likeness (QED) is 0.567. The van der Waals surface area contributed by atoms with Crippen LogP contribution in [0.15, 0.2) is 48.5 Å². The van der Waals surface area contributed by atoms with Crippen LogP contribution in [0, 0.1) is 11.6 Å². The number of ketones is 1. The van der Waals surface area contributed by atoms with Gasteiger partial charge in [0.05, 0.1) is 12.5 Å². The topological polar surface area (TPSA) is 72.5 Å². The lowest BCUT2D eigenvalue weighted by Crippen LogP contribution is -2.31. The van der Waals surface area contributed by atoms with Crippen LogP contribution in [0.5, 0.6) is 0 Å². The summed E-state index contributed by atoms with van der Waals surface area (Å²) in [5, 5.41) is 2.46. The minimum absolute atomic E-state index is 0.0261. The Morgan fingerprint density at radius 1 is 1.04 bits per heavy atom. The lowest BCUT2D eigenvalue weighted by Gasteiger charge is -2.15. The van der Waals surface area contributed by atoms with Gasteiger partial charge in [-0.3, -0.25) is 14.4 Å². The highest BCUT2D eigenvalue weighted by molar-refractivity contribution is 5.97. The number of rotatable bonds is 8. The Balaban J connectivity index is 1.74. The van der Waals surface area contributed by atoms with E-state index in [-0.39, 0.29) is 24.2 Å². The summed E-state index contributed by atoms with van der Waals surface area (Å²) in [5.74, 6) is -3.01. The fourth-order valence-electron chi connectivity index (χ4n) is 2.42. The normalized spacial score (nSPS) is 11.5. The summed E-state index contributed by atoms with van der Waals surface area (Å²) in [6.45, 7) is 0.972. The number of hydrogen-bond acceptors (Lipinski definition) is 4. The predicted octanol–water partition coefficient (Wildman–Crippen LogP) is 3.35. The third-order valence-corrected chi connectivity index (χ3v) is 3.82. The number of esters is 1. The summed E-state index contributed by atoms with van der Waals surface area (Å²) in [7, 11) is 0. The monoisotopic (exact) mass is 375 g/mol. The number of carbonyl (C=O) groups is 3. The summed E-state index contributed by atoms with van der Waals surface area (Å²) in [4.78, 5) is 35.4. The Labute approximate surface area is 155 Å². The van der Waals surface area contributed by atoms with Crippen LogP contribution in [0.3, 0.4) is 0 Å². The maximum atomic E-state index is 13.7. The number of ether oxygens (including phenoxy) is 1. The average molecular weight is 375 g/mol. The minimum Gasteiger partial charge on any atom is -0.456 e. The maximum absolute atomic E-state index is 13.7. The van der Waals surface area contributed by atoms with Crippen molar-refractivity contribution in [1.29, 1.82) is 0 Å². The molecule has 0 aliphatic heterocycles. The number of hydrogen-bond donors (Lipinski definition) is 1. The molecular formula is C20H19F2NO4. The third kappa shape index (κ3) is 6.29. The summed E-state index contributed by atoms with van der Waals surface area (Å²) >= 11 is 0. The van der Waals surface area contributed by atoms with Gasteiger partial charge in [-0.05, 0) is 13.0 Å². The van der Waals surface area contributed by atoms with Crippen LogP contribution in [0.1, 0.15) is 41.7 Å². The van der Waals surface area contributed by atoms with Crippen molar-refractivity contribution in [2.24, 2.45) is 0 Å². The zero-order chi connectivity index (χ0) is 19.8. The van der Waals surface area contributed by atoms with Gasteiger partial charge >= 0.3 is 5.97 Å². The molecule has 2 aromatic rings. The predicted molar refractivity (Wildman–Crippen MR) is 93.9 cm³/mol. The Morgan fingerprint density at radius 2 is 1.74 bits per heavy atom. The van der Waals surface area contributed by atoms with Gasteiger partial charge in [-0.15, -0.1) is 0 Å². The Bertz CT molecular complexity index is 824. The lowest BCUT2D eigenvalue weighted by molar-refractivity contribution is -0.148. The van der Waals surface area contributed by atoms with Gasteiger partial charge in [-0.2, -0.15) is 0 Å². The van der Waals surface area contributed by atoms with Crippen LogP contribution in [0.25, 0.3) is 0 Å². The SMILES string of the molecule is CC(NC(=O)COC(=O)CCC(=O)c1ccccc1)c1ccc(F)cc1F. The van der Waals surface area contributed by atoms with E-state index >= 15 is 0 Å². The molecule has 0 saturated carbocycles. The van der Waals surface area contributed by atoms with Gasteiger partial charge in [0.1, 0.15) is 11.6 Å². The second kappa shape index (κ2) is 9.56. The smallest absolute Gasteiger partial charge is 0.306 e. The zero-order valence-electron chi connectivity index (χ0n) is 14.7. The largest absolute Gasteiger partial charge is 0.456 e.